The molecule has 166 valence electrons. The van der Waals surface area contributed by atoms with Gasteiger partial charge in [-0.25, -0.2) is 0 Å². The van der Waals surface area contributed by atoms with Crippen LogP contribution in [0, 0.1) is 0 Å². The zero-order chi connectivity index (χ0) is 21.0. The van der Waals surface area contributed by atoms with Crippen LogP contribution in [0.2, 0.25) is 0 Å². The summed E-state index contributed by atoms with van der Waals surface area (Å²) in [6, 6.07) is 10.9. The van der Waals surface area contributed by atoms with Crippen LogP contribution in [0.5, 0.6) is 0 Å². The molecule has 1 amide bonds. The fraction of sp³-hybridized carbons (Fsp3) is 0.741. The van der Waals surface area contributed by atoms with Gasteiger partial charge >= 0.3 is 0 Å². The van der Waals surface area contributed by atoms with Crippen molar-refractivity contribution in [3.8, 4) is 0 Å². The third-order valence-corrected chi connectivity index (χ3v) is 5.95. The SMILES string of the molecule is CN(C)C(=O)CCCCCCCCCCCCCCCCCCc1ccccc1. The fourth-order valence-corrected chi connectivity index (χ4v) is 3.95. The Kier molecular flexibility index (Phi) is 16.6. The summed E-state index contributed by atoms with van der Waals surface area (Å²) in [4.78, 5) is 13.2. The van der Waals surface area contributed by atoms with E-state index in [0.717, 1.165) is 12.8 Å². The van der Waals surface area contributed by atoms with Gasteiger partial charge in [-0.2, -0.15) is 0 Å². The molecule has 2 nitrogen and oxygen atoms in total. The summed E-state index contributed by atoms with van der Waals surface area (Å²) in [5.74, 6) is 0.271. The van der Waals surface area contributed by atoms with Crippen LogP contribution in [0.25, 0.3) is 0 Å². The van der Waals surface area contributed by atoms with E-state index in [1.807, 2.05) is 14.1 Å². The first kappa shape index (κ1) is 25.7. The van der Waals surface area contributed by atoms with Crippen molar-refractivity contribution in [2.45, 2.75) is 116 Å². The van der Waals surface area contributed by atoms with Gasteiger partial charge in [-0.1, -0.05) is 120 Å². The number of nitrogens with zero attached hydrogens (tertiary/aromatic N) is 1. The number of amides is 1. The van der Waals surface area contributed by atoms with Gasteiger partial charge in [-0.3, -0.25) is 4.79 Å². The smallest absolute Gasteiger partial charge is 0.222 e. The third-order valence-electron chi connectivity index (χ3n) is 5.95. The van der Waals surface area contributed by atoms with Crippen molar-refractivity contribution in [2.75, 3.05) is 14.1 Å². The molecule has 0 aliphatic carbocycles. The van der Waals surface area contributed by atoms with Gasteiger partial charge in [0.15, 0.2) is 0 Å². The molecule has 0 saturated carbocycles. The number of carbonyl (C=O) groups excluding carboxylic acids is 1. The Hall–Kier alpha value is -1.31. The highest BCUT2D eigenvalue weighted by atomic mass is 16.2. The molecule has 0 radical (unpaired) electrons. The van der Waals surface area contributed by atoms with Crippen molar-refractivity contribution in [1.29, 1.82) is 0 Å². The van der Waals surface area contributed by atoms with E-state index in [4.69, 9.17) is 0 Å². The molecule has 1 rings (SSSR count). The molecule has 29 heavy (non-hydrogen) atoms. The maximum absolute atomic E-state index is 11.5. The van der Waals surface area contributed by atoms with Crippen molar-refractivity contribution in [2.24, 2.45) is 0 Å². The minimum Gasteiger partial charge on any atom is -0.349 e. The summed E-state index contributed by atoms with van der Waals surface area (Å²) in [5, 5.41) is 0. The molecule has 0 spiro atoms. The zero-order valence-electron chi connectivity index (χ0n) is 19.5. The van der Waals surface area contributed by atoms with Gasteiger partial charge < -0.3 is 4.90 Å². The summed E-state index contributed by atoms with van der Waals surface area (Å²) in [6.45, 7) is 0. The minimum atomic E-state index is 0.271. The Labute approximate surface area is 181 Å². The molecule has 0 aromatic heterocycles. The van der Waals surface area contributed by atoms with Crippen LogP contribution in [0.4, 0.5) is 0 Å². The second-order valence-electron chi connectivity index (χ2n) is 8.93. The van der Waals surface area contributed by atoms with E-state index in [-0.39, 0.29) is 5.91 Å². The Balaban J connectivity index is 1.70. The van der Waals surface area contributed by atoms with Crippen LogP contribution in [0.15, 0.2) is 30.3 Å². The van der Waals surface area contributed by atoms with E-state index in [0.29, 0.717) is 0 Å². The lowest BCUT2D eigenvalue weighted by atomic mass is 10.0. The molecule has 0 atom stereocenters. The number of carbonyl (C=O) groups is 1. The molecule has 0 fully saturated rings. The molecule has 2 heteroatoms. The quantitative estimate of drug-likeness (QED) is 0.215. The van der Waals surface area contributed by atoms with E-state index in [2.05, 4.69) is 30.3 Å². The highest BCUT2D eigenvalue weighted by Crippen LogP contribution is 2.14. The Bertz CT molecular complexity index is 483. The van der Waals surface area contributed by atoms with E-state index >= 15 is 0 Å². The van der Waals surface area contributed by atoms with Crippen LogP contribution < -0.4 is 0 Å². The highest BCUT2D eigenvalue weighted by Gasteiger charge is 2.02. The maximum atomic E-state index is 11.5. The molecule has 1 aromatic rings. The molecular formula is C27H47NO. The number of aryl methyl sites for hydroxylation is 1. The van der Waals surface area contributed by atoms with Crippen LogP contribution in [-0.2, 0) is 11.2 Å². The molecule has 0 unspecified atom stereocenters. The monoisotopic (exact) mass is 401 g/mol. The van der Waals surface area contributed by atoms with Crippen LogP contribution in [-0.4, -0.2) is 24.9 Å². The van der Waals surface area contributed by atoms with Gasteiger partial charge in [0.1, 0.15) is 0 Å². The number of rotatable bonds is 19. The molecule has 0 bridgehead atoms. The number of benzene rings is 1. The van der Waals surface area contributed by atoms with Gasteiger partial charge in [0, 0.05) is 20.5 Å². The highest BCUT2D eigenvalue weighted by molar-refractivity contribution is 5.75. The minimum absolute atomic E-state index is 0.271. The second-order valence-corrected chi connectivity index (χ2v) is 8.93. The van der Waals surface area contributed by atoms with Crippen molar-refractivity contribution >= 4 is 5.91 Å². The summed E-state index contributed by atoms with van der Waals surface area (Å²) >= 11 is 0. The lowest BCUT2D eigenvalue weighted by molar-refractivity contribution is -0.128. The van der Waals surface area contributed by atoms with E-state index < -0.39 is 0 Å². The lowest BCUT2D eigenvalue weighted by Gasteiger charge is -2.09. The van der Waals surface area contributed by atoms with Crippen molar-refractivity contribution in [3.05, 3.63) is 35.9 Å². The topological polar surface area (TPSA) is 20.3 Å². The van der Waals surface area contributed by atoms with Crippen LogP contribution in [0.3, 0.4) is 0 Å². The summed E-state index contributed by atoms with van der Waals surface area (Å²) in [5.41, 5.74) is 1.49. The van der Waals surface area contributed by atoms with E-state index in [9.17, 15) is 4.79 Å². The van der Waals surface area contributed by atoms with Crippen molar-refractivity contribution < 1.29 is 4.79 Å². The van der Waals surface area contributed by atoms with E-state index in [1.54, 1.807) is 4.90 Å². The number of unbranched alkanes of at least 4 members (excludes halogenated alkanes) is 15. The molecule has 0 aliphatic heterocycles. The van der Waals surface area contributed by atoms with Crippen molar-refractivity contribution in [1.82, 2.24) is 4.90 Å². The average molecular weight is 402 g/mol. The normalized spacial score (nSPS) is 11.0. The number of hydrogen-bond acceptors (Lipinski definition) is 1. The number of hydrogen-bond donors (Lipinski definition) is 0. The lowest BCUT2D eigenvalue weighted by Crippen LogP contribution is -2.20. The van der Waals surface area contributed by atoms with Gasteiger partial charge in [0.25, 0.3) is 0 Å². The van der Waals surface area contributed by atoms with E-state index in [1.165, 1.54) is 108 Å². The fourth-order valence-electron chi connectivity index (χ4n) is 3.95. The average Bonchev–Trinajstić information content (AvgIpc) is 2.73. The molecule has 0 saturated heterocycles. The van der Waals surface area contributed by atoms with Crippen LogP contribution >= 0.6 is 0 Å². The van der Waals surface area contributed by atoms with Crippen molar-refractivity contribution in [3.63, 3.8) is 0 Å². The van der Waals surface area contributed by atoms with Gasteiger partial charge in [-0.15, -0.1) is 0 Å². The first-order chi connectivity index (χ1) is 14.2. The molecule has 0 N–H and O–H groups in total. The Morgan fingerprint density at radius 1 is 0.586 bits per heavy atom. The summed E-state index contributed by atoms with van der Waals surface area (Å²) in [6.07, 6.45) is 23.8. The molecule has 0 aliphatic rings. The Morgan fingerprint density at radius 2 is 0.966 bits per heavy atom. The van der Waals surface area contributed by atoms with Gasteiger partial charge in [0.2, 0.25) is 5.91 Å². The largest absolute Gasteiger partial charge is 0.349 e. The predicted octanol–water partition coefficient (Wildman–Crippen LogP) is 7.95. The maximum Gasteiger partial charge on any atom is 0.222 e. The standard InChI is InChI=1S/C27H47NO/c1-28(2)27(29)25-21-16-14-12-10-8-6-4-3-5-7-9-11-13-15-18-22-26-23-19-17-20-24-26/h17,19-20,23-24H,3-16,18,21-22,25H2,1-2H3. The van der Waals surface area contributed by atoms with Gasteiger partial charge in [0.05, 0.1) is 0 Å². The second kappa shape index (κ2) is 18.7. The third kappa shape index (κ3) is 16.2. The van der Waals surface area contributed by atoms with Gasteiger partial charge in [-0.05, 0) is 24.8 Å². The zero-order valence-corrected chi connectivity index (χ0v) is 19.5. The Morgan fingerprint density at radius 3 is 1.38 bits per heavy atom. The molecular weight excluding hydrogens is 354 g/mol. The first-order valence-corrected chi connectivity index (χ1v) is 12.4. The first-order valence-electron chi connectivity index (χ1n) is 12.4. The molecule has 1 aromatic carbocycles. The molecule has 0 heterocycles. The summed E-state index contributed by atoms with van der Waals surface area (Å²) in [7, 11) is 3.69. The van der Waals surface area contributed by atoms with Crippen LogP contribution in [0.1, 0.15) is 115 Å². The predicted molar refractivity (Wildman–Crippen MR) is 127 cm³/mol. The summed E-state index contributed by atoms with van der Waals surface area (Å²) < 4.78 is 0.